The number of fused-ring (bicyclic) bond motifs is 1. The maximum absolute atomic E-state index is 13.0. The van der Waals surface area contributed by atoms with Crippen molar-refractivity contribution in [2.75, 3.05) is 33.0 Å². The van der Waals surface area contributed by atoms with E-state index in [-0.39, 0.29) is 29.1 Å². The number of aliphatic imine (C=N–C) groups is 1. The number of rotatable bonds is 11. The van der Waals surface area contributed by atoms with Gasteiger partial charge in [0.05, 0.1) is 25.4 Å². The number of hydrazone groups is 1. The first-order valence-electron chi connectivity index (χ1n) is 11.9. The fourth-order valence-corrected chi connectivity index (χ4v) is 4.28. The molecule has 0 fully saturated rings. The van der Waals surface area contributed by atoms with Crippen LogP contribution in [0, 0.1) is 12.3 Å². The van der Waals surface area contributed by atoms with Gasteiger partial charge in [0.2, 0.25) is 10.2 Å². The molecule has 0 saturated heterocycles. The summed E-state index contributed by atoms with van der Waals surface area (Å²) in [6.45, 7) is 5.45. The van der Waals surface area contributed by atoms with Gasteiger partial charge in [-0.1, -0.05) is 24.3 Å². The number of halogens is 3. The first-order valence-corrected chi connectivity index (χ1v) is 12.7. The first-order chi connectivity index (χ1) is 18.7. The zero-order chi connectivity index (χ0) is 28.0. The fraction of sp³-hybridized carbons (Fsp3) is 0.308. The van der Waals surface area contributed by atoms with Crippen LogP contribution in [0.25, 0.3) is 6.08 Å². The summed E-state index contributed by atoms with van der Waals surface area (Å²) in [7, 11) is 0. The molecule has 1 N–H and O–H groups in total. The van der Waals surface area contributed by atoms with Crippen LogP contribution in [-0.2, 0) is 9.53 Å². The third-order valence-corrected chi connectivity index (χ3v) is 6.29. The highest BCUT2D eigenvalue weighted by Gasteiger charge is 2.46. The van der Waals surface area contributed by atoms with Crippen molar-refractivity contribution in [1.82, 2.24) is 5.01 Å². The largest absolute Gasteiger partial charge is 0.491 e. The number of amides is 1. The van der Waals surface area contributed by atoms with Crippen molar-refractivity contribution in [3.05, 3.63) is 59.2 Å². The average Bonchev–Trinajstić information content (AvgIpc) is 3.33. The minimum atomic E-state index is -4.71. The average molecular weight is 563 g/mol. The fourth-order valence-electron chi connectivity index (χ4n) is 3.52. The summed E-state index contributed by atoms with van der Waals surface area (Å²) in [4.78, 5) is 16.2. The van der Waals surface area contributed by atoms with Crippen LogP contribution >= 0.6 is 11.8 Å². The van der Waals surface area contributed by atoms with Gasteiger partial charge in [0.15, 0.2) is 17.3 Å². The molecule has 2 heterocycles. The number of para-hydroxylation sites is 1. The SMILES string of the molecule is CCOc1cc(/C=C2/C(=N)N3N=C(C(F)(F)F)SC3=NC2=O)ccc1OCCOCCOc1ccccc1C. The molecule has 0 saturated carbocycles. The quantitative estimate of drug-likeness (QED) is 0.302. The molecule has 0 unspecified atom stereocenters. The molecule has 39 heavy (non-hydrogen) atoms. The highest BCUT2D eigenvalue weighted by molar-refractivity contribution is 8.27. The Hall–Kier alpha value is -3.84. The standard InChI is InChI=1S/C26H25F3N4O5S/c1-3-36-21-15-17(14-18-22(30)33-25(31-23(18)34)39-24(32-33)26(27,28)29)8-9-20(21)38-13-11-35-10-12-37-19-7-5-4-6-16(19)2/h4-9,14-15,30H,3,10-13H2,1-2H3/b18-14-,30-22?. The Morgan fingerprint density at radius 3 is 2.41 bits per heavy atom. The van der Waals surface area contributed by atoms with Crippen molar-refractivity contribution in [3.8, 4) is 17.2 Å². The van der Waals surface area contributed by atoms with Gasteiger partial charge in [-0.25, -0.2) is 0 Å². The number of aryl methyl sites for hydroxylation is 1. The molecule has 0 atom stereocenters. The number of benzene rings is 2. The smallest absolute Gasteiger partial charge is 0.441 e. The van der Waals surface area contributed by atoms with Crippen LogP contribution in [0.5, 0.6) is 17.2 Å². The summed E-state index contributed by atoms with van der Waals surface area (Å²) in [6.07, 6.45) is -3.36. The second-order valence-electron chi connectivity index (χ2n) is 8.14. The molecule has 13 heteroatoms. The molecule has 206 valence electrons. The maximum Gasteiger partial charge on any atom is 0.441 e. The number of amidine groups is 2. The van der Waals surface area contributed by atoms with Crippen molar-refractivity contribution in [1.29, 1.82) is 5.41 Å². The van der Waals surface area contributed by atoms with E-state index in [9.17, 15) is 18.0 Å². The van der Waals surface area contributed by atoms with E-state index >= 15 is 0 Å². The van der Waals surface area contributed by atoms with Crippen LogP contribution in [0.1, 0.15) is 18.1 Å². The number of nitrogens with one attached hydrogen (secondary N) is 1. The molecule has 0 spiro atoms. The van der Waals surface area contributed by atoms with Crippen molar-refractivity contribution < 1.29 is 36.9 Å². The van der Waals surface area contributed by atoms with E-state index in [0.717, 1.165) is 11.3 Å². The summed E-state index contributed by atoms with van der Waals surface area (Å²) in [6, 6.07) is 12.6. The summed E-state index contributed by atoms with van der Waals surface area (Å²) < 4.78 is 61.8. The van der Waals surface area contributed by atoms with Crippen molar-refractivity contribution in [2.24, 2.45) is 10.1 Å². The predicted molar refractivity (Wildman–Crippen MR) is 142 cm³/mol. The van der Waals surface area contributed by atoms with E-state index in [2.05, 4.69) is 10.1 Å². The lowest BCUT2D eigenvalue weighted by Gasteiger charge is -2.20. The molecule has 2 aromatic rings. The molecule has 4 rings (SSSR count). The Labute approximate surface area is 226 Å². The van der Waals surface area contributed by atoms with Gasteiger partial charge < -0.3 is 18.9 Å². The van der Waals surface area contributed by atoms with Crippen LogP contribution in [0.2, 0.25) is 0 Å². The summed E-state index contributed by atoms with van der Waals surface area (Å²) in [5.74, 6) is 0.310. The van der Waals surface area contributed by atoms with Crippen LogP contribution in [-0.4, -0.2) is 66.2 Å². The van der Waals surface area contributed by atoms with Crippen LogP contribution < -0.4 is 14.2 Å². The van der Waals surface area contributed by atoms with Gasteiger partial charge in [-0.05, 0) is 61.0 Å². The van der Waals surface area contributed by atoms with Crippen LogP contribution in [0.4, 0.5) is 13.2 Å². The molecule has 2 aliphatic rings. The summed E-state index contributed by atoms with van der Waals surface area (Å²) >= 11 is 0.200. The molecule has 0 bridgehead atoms. The number of hydrogen-bond acceptors (Lipinski definition) is 8. The lowest BCUT2D eigenvalue weighted by Crippen LogP contribution is -2.35. The Balaban J connectivity index is 1.35. The molecule has 1 amide bonds. The van der Waals surface area contributed by atoms with E-state index in [1.807, 2.05) is 31.2 Å². The van der Waals surface area contributed by atoms with Crippen molar-refractivity contribution in [2.45, 2.75) is 20.0 Å². The zero-order valence-electron chi connectivity index (χ0n) is 21.1. The molecule has 0 aliphatic carbocycles. The molecule has 0 radical (unpaired) electrons. The summed E-state index contributed by atoms with van der Waals surface area (Å²) in [5, 5.41) is 10.8. The number of nitrogens with zero attached hydrogens (tertiary/aromatic N) is 3. The number of alkyl halides is 3. The third-order valence-electron chi connectivity index (χ3n) is 5.34. The van der Waals surface area contributed by atoms with Gasteiger partial charge in [-0.15, -0.1) is 0 Å². The van der Waals surface area contributed by atoms with Gasteiger partial charge >= 0.3 is 6.18 Å². The van der Waals surface area contributed by atoms with Gasteiger partial charge in [-0.3, -0.25) is 10.2 Å². The van der Waals surface area contributed by atoms with Gasteiger partial charge in [-0.2, -0.15) is 28.3 Å². The second kappa shape index (κ2) is 12.3. The van der Waals surface area contributed by atoms with Crippen LogP contribution in [0.3, 0.4) is 0 Å². The normalized spacial score (nSPS) is 16.2. The van der Waals surface area contributed by atoms with Gasteiger partial charge in [0.25, 0.3) is 5.91 Å². The first kappa shape index (κ1) is 28.2. The van der Waals surface area contributed by atoms with Gasteiger partial charge in [0.1, 0.15) is 19.0 Å². The number of thioether (sulfide) groups is 1. The highest BCUT2D eigenvalue weighted by atomic mass is 32.2. The van der Waals surface area contributed by atoms with E-state index < -0.39 is 23.0 Å². The lowest BCUT2D eigenvalue weighted by molar-refractivity contribution is -0.114. The van der Waals surface area contributed by atoms with Gasteiger partial charge in [0, 0.05) is 0 Å². The van der Waals surface area contributed by atoms with E-state index in [4.69, 9.17) is 24.4 Å². The minimum Gasteiger partial charge on any atom is -0.491 e. The number of carbonyl (C=O) groups is 1. The Bertz CT molecular complexity index is 1340. The lowest BCUT2D eigenvalue weighted by atomic mass is 10.1. The van der Waals surface area contributed by atoms with E-state index in [1.54, 1.807) is 25.1 Å². The molecule has 9 nitrogen and oxygen atoms in total. The monoisotopic (exact) mass is 562 g/mol. The number of hydrogen-bond donors (Lipinski definition) is 1. The number of carbonyl (C=O) groups excluding carboxylic acids is 1. The van der Waals surface area contributed by atoms with E-state index in [0.29, 0.717) is 48.5 Å². The maximum atomic E-state index is 13.0. The number of ether oxygens (including phenoxy) is 4. The predicted octanol–water partition coefficient (Wildman–Crippen LogP) is 5.05. The minimum absolute atomic E-state index is 0.200. The third kappa shape index (κ3) is 6.98. The Morgan fingerprint density at radius 2 is 1.72 bits per heavy atom. The Kier molecular flexibility index (Phi) is 8.92. The summed E-state index contributed by atoms with van der Waals surface area (Å²) in [5.41, 5.74) is 1.31. The van der Waals surface area contributed by atoms with E-state index in [1.165, 1.54) is 6.08 Å². The molecular formula is C26H25F3N4O5S. The Morgan fingerprint density at radius 1 is 1.00 bits per heavy atom. The topological polar surface area (TPSA) is 106 Å². The van der Waals surface area contributed by atoms with Crippen molar-refractivity contribution >= 4 is 39.8 Å². The highest BCUT2D eigenvalue weighted by Crippen LogP contribution is 2.36. The molecular weight excluding hydrogens is 537 g/mol. The molecule has 2 aromatic carbocycles. The molecule has 2 aliphatic heterocycles. The second-order valence-corrected chi connectivity index (χ2v) is 9.09. The van der Waals surface area contributed by atoms with Crippen molar-refractivity contribution in [3.63, 3.8) is 0 Å². The van der Waals surface area contributed by atoms with Crippen LogP contribution in [0.15, 0.2) is 58.1 Å². The molecule has 0 aromatic heterocycles. The zero-order valence-corrected chi connectivity index (χ0v) is 21.9.